The molecule has 7 nitrogen and oxygen atoms in total. The van der Waals surface area contributed by atoms with Gasteiger partial charge in [0.05, 0.1) is 13.7 Å². The van der Waals surface area contributed by atoms with Gasteiger partial charge in [0, 0.05) is 17.7 Å². The SMILES string of the molecule is COc1ccc(CCNC(=O)C2(CCCCCOc3nnc(-c4ccccc4)c(-c4ccccc4)n3)c3ccccc3-c3ccccc32)cc1. The summed E-state index contributed by atoms with van der Waals surface area (Å²) in [6, 6.07) is 44.9. The van der Waals surface area contributed by atoms with Crippen molar-refractivity contribution in [3.05, 3.63) is 150 Å². The number of nitrogens with zero attached hydrogens (tertiary/aromatic N) is 3. The Morgan fingerprint density at radius 1 is 0.660 bits per heavy atom. The minimum atomic E-state index is -0.765. The maximum atomic E-state index is 14.4. The molecule has 0 fully saturated rings. The van der Waals surface area contributed by atoms with Gasteiger partial charge < -0.3 is 14.8 Å². The van der Waals surface area contributed by atoms with Crippen LogP contribution < -0.4 is 14.8 Å². The van der Waals surface area contributed by atoms with Crippen molar-refractivity contribution in [2.75, 3.05) is 20.3 Å². The number of amides is 1. The maximum Gasteiger partial charge on any atom is 0.336 e. The number of benzene rings is 5. The van der Waals surface area contributed by atoms with Crippen LogP contribution in [0.4, 0.5) is 0 Å². The first-order chi connectivity index (χ1) is 24.7. The summed E-state index contributed by atoms with van der Waals surface area (Å²) in [4.78, 5) is 19.2. The highest BCUT2D eigenvalue weighted by molar-refractivity contribution is 6.00. The molecule has 1 aromatic heterocycles. The molecule has 1 amide bonds. The van der Waals surface area contributed by atoms with Crippen LogP contribution in [0.3, 0.4) is 0 Å². The average Bonchev–Trinajstić information content (AvgIpc) is 3.47. The molecule has 1 N–H and O–H groups in total. The van der Waals surface area contributed by atoms with E-state index in [1.165, 1.54) is 0 Å². The Labute approximate surface area is 293 Å². The van der Waals surface area contributed by atoms with Crippen molar-refractivity contribution in [3.63, 3.8) is 0 Å². The number of nitrogens with one attached hydrogen (secondary N) is 1. The summed E-state index contributed by atoms with van der Waals surface area (Å²) in [5.74, 6) is 0.870. The van der Waals surface area contributed by atoms with Crippen LogP contribution in [0.1, 0.15) is 42.4 Å². The zero-order valence-corrected chi connectivity index (χ0v) is 28.2. The van der Waals surface area contributed by atoms with Crippen LogP contribution in [0.5, 0.6) is 11.8 Å². The molecule has 1 heterocycles. The van der Waals surface area contributed by atoms with E-state index in [9.17, 15) is 4.79 Å². The Kier molecular flexibility index (Phi) is 9.92. The predicted molar refractivity (Wildman–Crippen MR) is 197 cm³/mol. The molecule has 50 heavy (non-hydrogen) atoms. The second-order valence-electron chi connectivity index (χ2n) is 12.5. The van der Waals surface area contributed by atoms with Crippen molar-refractivity contribution in [2.45, 2.75) is 37.5 Å². The molecule has 0 saturated carbocycles. The molecular formula is C43H40N4O3. The van der Waals surface area contributed by atoms with E-state index in [4.69, 9.17) is 14.5 Å². The largest absolute Gasteiger partial charge is 0.497 e. The summed E-state index contributed by atoms with van der Waals surface area (Å²) in [5.41, 5.74) is 8.16. The van der Waals surface area contributed by atoms with Crippen molar-refractivity contribution in [1.29, 1.82) is 0 Å². The van der Waals surface area contributed by atoms with E-state index in [0.29, 0.717) is 25.3 Å². The Balaban J connectivity index is 1.03. The molecule has 0 bridgehead atoms. The Morgan fingerprint density at radius 3 is 1.90 bits per heavy atom. The number of carbonyl (C=O) groups excluding carboxylic acids is 1. The normalized spacial score (nSPS) is 12.5. The zero-order valence-electron chi connectivity index (χ0n) is 28.2. The predicted octanol–water partition coefficient (Wildman–Crippen LogP) is 8.48. The van der Waals surface area contributed by atoms with Crippen molar-refractivity contribution >= 4 is 5.91 Å². The van der Waals surface area contributed by atoms with Crippen molar-refractivity contribution < 1.29 is 14.3 Å². The van der Waals surface area contributed by atoms with Crippen LogP contribution in [0.2, 0.25) is 0 Å². The highest BCUT2D eigenvalue weighted by Gasteiger charge is 2.48. The molecule has 0 saturated heterocycles. The Bertz CT molecular complexity index is 2000. The molecule has 1 aliphatic carbocycles. The summed E-state index contributed by atoms with van der Waals surface area (Å²) in [7, 11) is 1.66. The fraction of sp³-hybridized carbons (Fsp3) is 0.209. The number of unbranched alkanes of at least 4 members (excludes halogenated alkanes) is 2. The van der Waals surface area contributed by atoms with Gasteiger partial charge in [-0.15, -0.1) is 5.10 Å². The summed E-state index contributed by atoms with van der Waals surface area (Å²) in [6.45, 7) is 1.00. The van der Waals surface area contributed by atoms with Gasteiger partial charge in [-0.05, 0) is 59.2 Å². The third-order valence-electron chi connectivity index (χ3n) is 9.50. The lowest BCUT2D eigenvalue weighted by Gasteiger charge is -2.31. The number of aromatic nitrogens is 3. The third kappa shape index (κ3) is 6.72. The van der Waals surface area contributed by atoms with E-state index >= 15 is 0 Å². The second kappa shape index (κ2) is 15.2. The molecular weight excluding hydrogens is 620 g/mol. The first-order valence-electron chi connectivity index (χ1n) is 17.3. The first kappa shape index (κ1) is 32.7. The van der Waals surface area contributed by atoms with Gasteiger partial charge in [-0.2, -0.15) is 4.98 Å². The summed E-state index contributed by atoms with van der Waals surface area (Å²) < 4.78 is 11.4. The lowest BCUT2D eigenvalue weighted by Crippen LogP contribution is -2.45. The Hall–Kier alpha value is -5.82. The lowest BCUT2D eigenvalue weighted by molar-refractivity contribution is -0.125. The number of rotatable bonds is 14. The molecule has 7 heteroatoms. The smallest absolute Gasteiger partial charge is 0.336 e. The zero-order chi connectivity index (χ0) is 34.2. The van der Waals surface area contributed by atoms with E-state index in [2.05, 4.69) is 51.9 Å². The van der Waals surface area contributed by atoms with E-state index in [-0.39, 0.29) is 11.9 Å². The molecule has 0 radical (unpaired) electrons. The molecule has 7 rings (SSSR count). The molecule has 0 aliphatic heterocycles. The summed E-state index contributed by atoms with van der Waals surface area (Å²) in [6.07, 6.45) is 3.95. The molecule has 250 valence electrons. The molecule has 0 unspecified atom stereocenters. The van der Waals surface area contributed by atoms with E-state index in [1.54, 1.807) is 7.11 Å². The first-order valence-corrected chi connectivity index (χ1v) is 17.3. The van der Waals surface area contributed by atoms with Gasteiger partial charge in [-0.3, -0.25) is 4.79 Å². The van der Waals surface area contributed by atoms with Gasteiger partial charge in [-0.25, -0.2) is 0 Å². The van der Waals surface area contributed by atoms with Crippen molar-refractivity contribution in [1.82, 2.24) is 20.5 Å². The molecule has 0 spiro atoms. The standard InChI is InChI=1S/C43H40N4O3/c1-49-34-25-23-31(24-26-34)27-29-44-41(48)43(37-21-11-9-19-35(37)36-20-10-12-22-38(36)43)28-13-4-14-30-50-42-45-39(32-15-5-2-6-16-32)40(46-47-42)33-17-7-3-8-18-33/h2-3,5-12,15-26H,4,13-14,27-30H2,1H3,(H,44,48). The third-order valence-corrected chi connectivity index (χ3v) is 9.50. The van der Waals surface area contributed by atoms with Crippen LogP contribution in [0.15, 0.2) is 133 Å². The summed E-state index contributed by atoms with van der Waals surface area (Å²) >= 11 is 0. The molecule has 0 atom stereocenters. The highest BCUT2D eigenvalue weighted by Crippen LogP contribution is 2.51. The topological polar surface area (TPSA) is 86.2 Å². The number of ether oxygens (including phenoxy) is 2. The van der Waals surface area contributed by atoms with Crippen LogP contribution in [0.25, 0.3) is 33.6 Å². The Morgan fingerprint density at radius 2 is 1.26 bits per heavy atom. The second-order valence-corrected chi connectivity index (χ2v) is 12.5. The maximum absolute atomic E-state index is 14.4. The van der Waals surface area contributed by atoms with Crippen LogP contribution >= 0.6 is 0 Å². The number of fused-ring (bicyclic) bond motifs is 3. The minimum absolute atomic E-state index is 0.0473. The van der Waals surface area contributed by atoms with Gasteiger partial charge in [0.25, 0.3) is 0 Å². The fourth-order valence-electron chi connectivity index (χ4n) is 7.01. The van der Waals surface area contributed by atoms with Crippen LogP contribution in [-0.4, -0.2) is 41.3 Å². The lowest BCUT2D eigenvalue weighted by atomic mass is 9.73. The van der Waals surface area contributed by atoms with E-state index in [1.807, 2.05) is 97.1 Å². The van der Waals surface area contributed by atoms with Gasteiger partial charge >= 0.3 is 6.01 Å². The number of methoxy groups -OCH3 is 1. The molecule has 1 aliphatic rings. The average molecular weight is 661 g/mol. The van der Waals surface area contributed by atoms with Gasteiger partial charge in [0.15, 0.2) is 0 Å². The molecule has 5 aromatic carbocycles. The monoisotopic (exact) mass is 660 g/mol. The van der Waals surface area contributed by atoms with Crippen molar-refractivity contribution in [2.24, 2.45) is 0 Å². The number of hydrogen-bond donors (Lipinski definition) is 1. The quantitative estimate of drug-likeness (QED) is 0.118. The molecule has 6 aromatic rings. The van der Waals surface area contributed by atoms with Gasteiger partial charge in [-0.1, -0.05) is 139 Å². The van der Waals surface area contributed by atoms with E-state index < -0.39 is 5.41 Å². The summed E-state index contributed by atoms with van der Waals surface area (Å²) in [5, 5.41) is 12.2. The van der Waals surface area contributed by atoms with E-state index in [0.717, 1.165) is 76.1 Å². The highest BCUT2D eigenvalue weighted by atomic mass is 16.5. The number of hydrogen-bond acceptors (Lipinski definition) is 6. The van der Waals surface area contributed by atoms with Gasteiger partial charge in [0.2, 0.25) is 5.91 Å². The minimum Gasteiger partial charge on any atom is -0.497 e. The van der Waals surface area contributed by atoms with Crippen molar-refractivity contribution in [3.8, 4) is 45.4 Å². The fourth-order valence-corrected chi connectivity index (χ4v) is 7.01. The van der Waals surface area contributed by atoms with Gasteiger partial charge in [0.1, 0.15) is 22.6 Å². The number of carbonyl (C=O) groups is 1. The van der Waals surface area contributed by atoms with Crippen LogP contribution in [-0.2, 0) is 16.6 Å². The van der Waals surface area contributed by atoms with Crippen LogP contribution in [0, 0.1) is 0 Å².